The zero-order valence-electron chi connectivity index (χ0n) is 13.8. The highest BCUT2D eigenvalue weighted by Crippen LogP contribution is 2.18. The fourth-order valence-corrected chi connectivity index (χ4v) is 3.16. The largest absolute Gasteiger partial charge is 0.377 e. The molecule has 0 amide bonds. The van der Waals surface area contributed by atoms with Crippen LogP contribution in [0, 0.1) is 0 Å². The predicted octanol–water partition coefficient (Wildman–Crippen LogP) is 3.01. The molecule has 0 saturated carbocycles. The van der Waals surface area contributed by atoms with Gasteiger partial charge in [0.15, 0.2) is 0 Å². The van der Waals surface area contributed by atoms with Gasteiger partial charge < -0.3 is 10.1 Å². The van der Waals surface area contributed by atoms with E-state index in [-0.39, 0.29) is 0 Å². The van der Waals surface area contributed by atoms with E-state index in [0.717, 1.165) is 26.2 Å². The standard InChI is InChI=1S/C18H30N2O/c1-4-21-18-6-5-11-20(14-18)13-16-7-9-17(10-8-16)15(2)12-19-3/h7-10,15,18-19H,4-6,11-14H2,1-3H3. The molecule has 2 unspecified atom stereocenters. The Bertz CT molecular complexity index is 402. The van der Waals surface area contributed by atoms with E-state index in [2.05, 4.69) is 48.3 Å². The molecule has 3 nitrogen and oxygen atoms in total. The van der Waals surface area contributed by atoms with E-state index in [4.69, 9.17) is 4.74 Å². The van der Waals surface area contributed by atoms with Gasteiger partial charge in [-0.3, -0.25) is 4.90 Å². The molecule has 1 aromatic rings. The smallest absolute Gasteiger partial charge is 0.0702 e. The molecule has 0 aromatic heterocycles. The van der Waals surface area contributed by atoms with Gasteiger partial charge in [0.1, 0.15) is 0 Å². The van der Waals surface area contributed by atoms with Crippen LogP contribution in [0.1, 0.15) is 43.7 Å². The molecule has 1 heterocycles. The molecule has 118 valence electrons. The number of rotatable bonds is 7. The Morgan fingerprint density at radius 2 is 2.10 bits per heavy atom. The summed E-state index contributed by atoms with van der Waals surface area (Å²) in [6.07, 6.45) is 2.89. The van der Waals surface area contributed by atoms with Crippen molar-refractivity contribution in [2.45, 2.75) is 45.3 Å². The number of nitrogens with one attached hydrogen (secondary N) is 1. The van der Waals surface area contributed by atoms with Gasteiger partial charge >= 0.3 is 0 Å². The van der Waals surface area contributed by atoms with Crippen LogP contribution in [0.25, 0.3) is 0 Å². The van der Waals surface area contributed by atoms with Crippen LogP contribution in [0.4, 0.5) is 0 Å². The number of benzene rings is 1. The number of nitrogens with zero attached hydrogens (tertiary/aromatic N) is 1. The lowest BCUT2D eigenvalue weighted by molar-refractivity contribution is 0.00363. The Kier molecular flexibility index (Phi) is 6.68. The van der Waals surface area contributed by atoms with Crippen molar-refractivity contribution >= 4 is 0 Å². The fourth-order valence-electron chi connectivity index (χ4n) is 3.16. The Labute approximate surface area is 129 Å². The van der Waals surface area contributed by atoms with Crippen molar-refractivity contribution in [1.82, 2.24) is 10.2 Å². The molecule has 1 aromatic carbocycles. The molecule has 1 N–H and O–H groups in total. The van der Waals surface area contributed by atoms with Crippen molar-refractivity contribution in [1.29, 1.82) is 0 Å². The summed E-state index contributed by atoms with van der Waals surface area (Å²) in [6, 6.07) is 9.13. The number of likely N-dealkylation sites (N-methyl/N-ethyl adjacent to an activating group) is 1. The molecule has 1 saturated heterocycles. The average Bonchev–Trinajstić information content (AvgIpc) is 2.49. The highest BCUT2D eigenvalue weighted by Gasteiger charge is 2.19. The lowest BCUT2D eigenvalue weighted by Gasteiger charge is -2.32. The van der Waals surface area contributed by atoms with Crippen LogP contribution in [0.5, 0.6) is 0 Å². The Hall–Kier alpha value is -0.900. The van der Waals surface area contributed by atoms with Gasteiger partial charge in [-0.15, -0.1) is 0 Å². The van der Waals surface area contributed by atoms with E-state index in [1.54, 1.807) is 0 Å². The van der Waals surface area contributed by atoms with Crippen LogP contribution in [-0.4, -0.2) is 44.3 Å². The number of hydrogen-bond acceptors (Lipinski definition) is 3. The monoisotopic (exact) mass is 290 g/mol. The molecule has 2 atom stereocenters. The number of piperidine rings is 1. The maximum absolute atomic E-state index is 5.78. The van der Waals surface area contributed by atoms with Crippen molar-refractivity contribution in [2.75, 3.05) is 33.3 Å². The van der Waals surface area contributed by atoms with Gasteiger partial charge in [0.05, 0.1) is 6.10 Å². The van der Waals surface area contributed by atoms with Gasteiger partial charge in [-0.25, -0.2) is 0 Å². The Balaban J connectivity index is 1.88. The maximum Gasteiger partial charge on any atom is 0.0702 e. The lowest BCUT2D eigenvalue weighted by Crippen LogP contribution is -2.39. The molecular formula is C18H30N2O. The van der Waals surface area contributed by atoms with Gasteiger partial charge in [-0.2, -0.15) is 0 Å². The molecule has 2 rings (SSSR count). The van der Waals surface area contributed by atoms with Crippen LogP contribution in [-0.2, 0) is 11.3 Å². The summed E-state index contributed by atoms with van der Waals surface area (Å²) < 4.78 is 5.78. The zero-order valence-corrected chi connectivity index (χ0v) is 13.8. The van der Waals surface area contributed by atoms with Crippen molar-refractivity contribution in [3.8, 4) is 0 Å². The molecule has 1 aliphatic heterocycles. The lowest BCUT2D eigenvalue weighted by atomic mass is 9.99. The number of hydrogen-bond donors (Lipinski definition) is 1. The van der Waals surface area contributed by atoms with Crippen molar-refractivity contribution < 1.29 is 4.74 Å². The first-order chi connectivity index (χ1) is 10.2. The van der Waals surface area contributed by atoms with Gasteiger partial charge in [-0.05, 0) is 50.4 Å². The maximum atomic E-state index is 5.78. The predicted molar refractivity (Wildman–Crippen MR) is 88.7 cm³/mol. The van der Waals surface area contributed by atoms with E-state index >= 15 is 0 Å². The minimum absolute atomic E-state index is 0.429. The van der Waals surface area contributed by atoms with Gasteiger partial charge in [0.25, 0.3) is 0 Å². The first kappa shape index (κ1) is 16.5. The van der Waals surface area contributed by atoms with Crippen LogP contribution >= 0.6 is 0 Å². The highest BCUT2D eigenvalue weighted by atomic mass is 16.5. The minimum Gasteiger partial charge on any atom is -0.377 e. The van der Waals surface area contributed by atoms with E-state index < -0.39 is 0 Å². The highest BCUT2D eigenvalue weighted by molar-refractivity contribution is 5.25. The third-order valence-electron chi connectivity index (χ3n) is 4.33. The van der Waals surface area contributed by atoms with E-state index in [1.165, 1.54) is 30.5 Å². The molecule has 0 radical (unpaired) electrons. The third-order valence-corrected chi connectivity index (χ3v) is 4.33. The molecule has 21 heavy (non-hydrogen) atoms. The topological polar surface area (TPSA) is 24.5 Å². The van der Waals surface area contributed by atoms with E-state index in [1.807, 2.05) is 7.05 Å². The summed E-state index contributed by atoms with van der Waals surface area (Å²) in [5.74, 6) is 0.571. The minimum atomic E-state index is 0.429. The summed E-state index contributed by atoms with van der Waals surface area (Å²) in [6.45, 7) is 9.53. The summed E-state index contributed by atoms with van der Waals surface area (Å²) in [5.41, 5.74) is 2.83. The second kappa shape index (κ2) is 8.52. The summed E-state index contributed by atoms with van der Waals surface area (Å²) in [5, 5.41) is 3.24. The fraction of sp³-hybridized carbons (Fsp3) is 0.667. The van der Waals surface area contributed by atoms with E-state index in [0.29, 0.717) is 12.0 Å². The molecule has 3 heteroatoms. The van der Waals surface area contributed by atoms with Gasteiger partial charge in [0.2, 0.25) is 0 Å². The first-order valence-electron chi connectivity index (χ1n) is 8.30. The first-order valence-corrected chi connectivity index (χ1v) is 8.30. The van der Waals surface area contributed by atoms with Gasteiger partial charge in [-0.1, -0.05) is 31.2 Å². The molecule has 0 spiro atoms. The van der Waals surface area contributed by atoms with Gasteiger partial charge in [0, 0.05) is 26.2 Å². The third kappa shape index (κ3) is 5.10. The zero-order chi connectivity index (χ0) is 15.1. The SMILES string of the molecule is CCOC1CCCN(Cc2ccc(C(C)CNC)cc2)C1. The molecule has 1 aliphatic rings. The quantitative estimate of drug-likeness (QED) is 0.835. The van der Waals surface area contributed by atoms with Crippen LogP contribution in [0.2, 0.25) is 0 Å². The molecule has 1 fully saturated rings. The van der Waals surface area contributed by atoms with E-state index in [9.17, 15) is 0 Å². The normalized spacial score (nSPS) is 21.4. The molecule has 0 aliphatic carbocycles. The van der Waals surface area contributed by atoms with Crippen molar-refractivity contribution in [2.24, 2.45) is 0 Å². The number of likely N-dealkylation sites (tertiary alicyclic amines) is 1. The number of ether oxygens (including phenoxy) is 1. The Morgan fingerprint density at radius 3 is 2.76 bits per heavy atom. The second-order valence-corrected chi connectivity index (χ2v) is 6.16. The van der Waals surface area contributed by atoms with Crippen LogP contribution in [0.3, 0.4) is 0 Å². The molecule has 0 bridgehead atoms. The summed E-state index contributed by atoms with van der Waals surface area (Å²) in [7, 11) is 2.01. The summed E-state index contributed by atoms with van der Waals surface area (Å²) >= 11 is 0. The Morgan fingerprint density at radius 1 is 1.33 bits per heavy atom. The average molecular weight is 290 g/mol. The summed E-state index contributed by atoms with van der Waals surface area (Å²) in [4.78, 5) is 2.52. The second-order valence-electron chi connectivity index (χ2n) is 6.16. The van der Waals surface area contributed by atoms with Crippen LogP contribution < -0.4 is 5.32 Å². The van der Waals surface area contributed by atoms with Crippen molar-refractivity contribution in [3.63, 3.8) is 0 Å². The van der Waals surface area contributed by atoms with Crippen LogP contribution in [0.15, 0.2) is 24.3 Å². The van der Waals surface area contributed by atoms with Crippen molar-refractivity contribution in [3.05, 3.63) is 35.4 Å². The molecular weight excluding hydrogens is 260 g/mol.